The van der Waals surface area contributed by atoms with E-state index in [2.05, 4.69) is 11.4 Å². The van der Waals surface area contributed by atoms with Crippen molar-refractivity contribution >= 4 is 11.6 Å². The molecular formula is C21H15FN2O. The molecule has 0 atom stereocenters. The lowest BCUT2D eigenvalue weighted by Crippen LogP contribution is -2.14. The van der Waals surface area contributed by atoms with Crippen LogP contribution in [0.1, 0.15) is 21.5 Å². The van der Waals surface area contributed by atoms with Crippen molar-refractivity contribution in [1.82, 2.24) is 0 Å². The van der Waals surface area contributed by atoms with Crippen LogP contribution in [0.5, 0.6) is 0 Å². The Morgan fingerprint density at radius 3 is 2.44 bits per heavy atom. The second kappa shape index (κ2) is 6.98. The van der Waals surface area contributed by atoms with E-state index in [-0.39, 0.29) is 5.69 Å². The Morgan fingerprint density at radius 2 is 1.68 bits per heavy atom. The van der Waals surface area contributed by atoms with Crippen LogP contribution < -0.4 is 5.32 Å². The molecule has 0 aromatic heterocycles. The van der Waals surface area contributed by atoms with E-state index in [9.17, 15) is 14.4 Å². The molecule has 4 heteroatoms. The van der Waals surface area contributed by atoms with Crippen LogP contribution in [0.25, 0.3) is 11.1 Å². The second-order valence-corrected chi connectivity index (χ2v) is 5.64. The largest absolute Gasteiger partial charge is 0.319 e. The Kier molecular flexibility index (Phi) is 4.58. The highest BCUT2D eigenvalue weighted by atomic mass is 19.1. The molecule has 0 aliphatic rings. The minimum absolute atomic E-state index is 0.133. The number of carbonyl (C=O) groups is 1. The average molecular weight is 330 g/mol. The molecule has 1 N–H and O–H groups in total. The van der Waals surface area contributed by atoms with Crippen LogP contribution in [0.15, 0.2) is 66.7 Å². The number of nitrogens with zero attached hydrogens (tertiary/aromatic N) is 1. The predicted molar refractivity (Wildman–Crippen MR) is 95.7 cm³/mol. The number of halogens is 1. The van der Waals surface area contributed by atoms with Crippen LogP contribution >= 0.6 is 0 Å². The molecule has 0 fully saturated rings. The number of carbonyl (C=O) groups excluding carboxylic acids is 1. The van der Waals surface area contributed by atoms with Crippen molar-refractivity contribution in [1.29, 1.82) is 5.26 Å². The summed E-state index contributed by atoms with van der Waals surface area (Å²) in [5, 5.41) is 11.9. The zero-order chi connectivity index (χ0) is 17.8. The maximum absolute atomic E-state index is 13.9. The Balaban J connectivity index is 2.03. The van der Waals surface area contributed by atoms with Crippen LogP contribution in [0.3, 0.4) is 0 Å². The van der Waals surface area contributed by atoms with Crippen molar-refractivity contribution in [3.8, 4) is 17.2 Å². The maximum Gasteiger partial charge on any atom is 0.256 e. The molecule has 122 valence electrons. The minimum atomic E-state index is -0.492. The fraction of sp³-hybridized carbons (Fsp3) is 0.0476. The number of anilines is 1. The highest BCUT2D eigenvalue weighted by Gasteiger charge is 2.16. The van der Waals surface area contributed by atoms with Gasteiger partial charge >= 0.3 is 0 Å². The van der Waals surface area contributed by atoms with Crippen LogP contribution in [0.4, 0.5) is 10.1 Å². The molecule has 3 aromatic carbocycles. The smallest absolute Gasteiger partial charge is 0.256 e. The molecule has 1 amide bonds. The zero-order valence-corrected chi connectivity index (χ0v) is 13.6. The minimum Gasteiger partial charge on any atom is -0.319 e. The summed E-state index contributed by atoms with van der Waals surface area (Å²) in [6, 6.07) is 20.7. The third-order valence-corrected chi connectivity index (χ3v) is 3.88. The van der Waals surface area contributed by atoms with Gasteiger partial charge in [0.15, 0.2) is 0 Å². The summed E-state index contributed by atoms with van der Waals surface area (Å²) in [7, 11) is 0. The van der Waals surface area contributed by atoms with Gasteiger partial charge in [0.2, 0.25) is 0 Å². The molecule has 0 radical (unpaired) electrons. The molecule has 0 heterocycles. The van der Waals surface area contributed by atoms with Crippen LogP contribution in [0, 0.1) is 24.1 Å². The normalized spacial score (nSPS) is 10.1. The topological polar surface area (TPSA) is 52.9 Å². The highest BCUT2D eigenvalue weighted by Crippen LogP contribution is 2.28. The number of rotatable bonds is 3. The molecule has 0 aliphatic heterocycles. The molecule has 3 rings (SSSR count). The first-order valence-corrected chi connectivity index (χ1v) is 7.76. The van der Waals surface area contributed by atoms with Crippen molar-refractivity contribution < 1.29 is 9.18 Å². The lowest BCUT2D eigenvalue weighted by molar-refractivity contribution is 0.102. The molecule has 25 heavy (non-hydrogen) atoms. The third-order valence-electron chi connectivity index (χ3n) is 3.88. The fourth-order valence-corrected chi connectivity index (χ4v) is 2.66. The van der Waals surface area contributed by atoms with Crippen molar-refractivity contribution in [2.75, 3.05) is 5.32 Å². The molecular weight excluding hydrogens is 315 g/mol. The summed E-state index contributed by atoms with van der Waals surface area (Å²) in [4.78, 5) is 12.7. The van der Waals surface area contributed by atoms with Crippen LogP contribution in [-0.4, -0.2) is 5.91 Å². The third kappa shape index (κ3) is 3.41. The molecule has 0 bridgehead atoms. The van der Waals surface area contributed by atoms with Gasteiger partial charge in [0.05, 0.1) is 17.3 Å². The van der Waals surface area contributed by atoms with E-state index in [1.165, 1.54) is 6.07 Å². The standard InChI is InChI=1S/C21H15FN2O/c1-14-10-11-19(22)20(12-14)24-21(25)18-9-5-4-8-17(18)16-7-3-2-6-15(16)13-23/h2-12H,1H3,(H,24,25). The number of amides is 1. The van der Waals surface area contributed by atoms with Gasteiger partial charge in [-0.1, -0.05) is 42.5 Å². The van der Waals surface area contributed by atoms with Gasteiger partial charge in [-0.2, -0.15) is 5.26 Å². The molecule has 3 nitrogen and oxygen atoms in total. The van der Waals surface area contributed by atoms with Gasteiger partial charge in [0, 0.05) is 11.1 Å². The van der Waals surface area contributed by atoms with Gasteiger partial charge in [-0.25, -0.2) is 4.39 Å². The number of benzene rings is 3. The van der Waals surface area contributed by atoms with E-state index in [1.54, 1.807) is 54.6 Å². The Bertz CT molecular complexity index is 989. The lowest BCUT2D eigenvalue weighted by atomic mass is 9.95. The number of hydrogen-bond acceptors (Lipinski definition) is 2. The second-order valence-electron chi connectivity index (χ2n) is 5.64. The van der Waals surface area contributed by atoms with Crippen molar-refractivity contribution in [3.63, 3.8) is 0 Å². The summed E-state index contributed by atoms with van der Waals surface area (Å²) < 4.78 is 13.9. The first-order chi connectivity index (χ1) is 12.1. The molecule has 0 unspecified atom stereocenters. The maximum atomic E-state index is 13.9. The first kappa shape index (κ1) is 16.4. The van der Waals surface area contributed by atoms with Gasteiger partial charge in [0.1, 0.15) is 5.82 Å². The van der Waals surface area contributed by atoms with Gasteiger partial charge in [-0.3, -0.25) is 4.79 Å². The lowest BCUT2D eigenvalue weighted by Gasteiger charge is -2.12. The van der Waals surface area contributed by atoms with Crippen molar-refractivity contribution in [2.45, 2.75) is 6.92 Å². The molecule has 0 saturated carbocycles. The highest BCUT2D eigenvalue weighted by molar-refractivity contribution is 6.09. The number of nitrogens with one attached hydrogen (secondary N) is 1. The van der Waals surface area contributed by atoms with Crippen molar-refractivity contribution in [2.24, 2.45) is 0 Å². The molecule has 0 saturated heterocycles. The summed E-state index contributed by atoms with van der Waals surface area (Å²) >= 11 is 0. The molecule has 0 aliphatic carbocycles. The monoisotopic (exact) mass is 330 g/mol. The Hall–Kier alpha value is -3.45. The van der Waals surface area contributed by atoms with Gasteiger partial charge in [-0.15, -0.1) is 0 Å². The van der Waals surface area contributed by atoms with Gasteiger partial charge in [0.25, 0.3) is 5.91 Å². The van der Waals surface area contributed by atoms with Crippen LogP contribution in [-0.2, 0) is 0 Å². The van der Waals surface area contributed by atoms with Gasteiger partial charge in [-0.05, 0) is 42.3 Å². The molecule has 0 spiro atoms. The number of hydrogen-bond donors (Lipinski definition) is 1. The first-order valence-electron chi connectivity index (χ1n) is 7.76. The van der Waals surface area contributed by atoms with E-state index in [0.29, 0.717) is 22.3 Å². The number of aryl methyl sites for hydroxylation is 1. The summed E-state index contributed by atoms with van der Waals surface area (Å²) in [5.41, 5.74) is 3.13. The fourth-order valence-electron chi connectivity index (χ4n) is 2.66. The van der Waals surface area contributed by atoms with E-state index in [0.717, 1.165) is 5.56 Å². The Labute approximate surface area is 145 Å². The van der Waals surface area contributed by atoms with Crippen LogP contribution in [0.2, 0.25) is 0 Å². The summed E-state index contributed by atoms with van der Waals surface area (Å²) in [6.45, 7) is 1.83. The summed E-state index contributed by atoms with van der Waals surface area (Å²) in [6.07, 6.45) is 0. The van der Waals surface area contributed by atoms with E-state index in [4.69, 9.17) is 0 Å². The van der Waals surface area contributed by atoms with Gasteiger partial charge < -0.3 is 5.32 Å². The molecule has 3 aromatic rings. The average Bonchev–Trinajstić information content (AvgIpc) is 2.64. The summed E-state index contributed by atoms with van der Waals surface area (Å²) in [5.74, 6) is -0.915. The zero-order valence-electron chi connectivity index (χ0n) is 13.6. The quantitative estimate of drug-likeness (QED) is 0.740. The SMILES string of the molecule is Cc1ccc(F)c(NC(=O)c2ccccc2-c2ccccc2C#N)c1. The van der Waals surface area contributed by atoms with E-state index < -0.39 is 11.7 Å². The van der Waals surface area contributed by atoms with E-state index in [1.807, 2.05) is 13.0 Å². The Morgan fingerprint density at radius 1 is 1.00 bits per heavy atom. The number of nitriles is 1. The van der Waals surface area contributed by atoms with Crippen molar-refractivity contribution in [3.05, 3.63) is 89.2 Å². The predicted octanol–water partition coefficient (Wildman–Crippen LogP) is 4.93. The van der Waals surface area contributed by atoms with E-state index >= 15 is 0 Å².